The third-order valence-electron chi connectivity index (χ3n) is 6.18. The number of hydrogen-bond acceptors (Lipinski definition) is 5. The highest BCUT2D eigenvalue weighted by molar-refractivity contribution is 6.30. The van der Waals surface area contributed by atoms with E-state index in [2.05, 4.69) is 27.2 Å². The zero-order valence-corrected chi connectivity index (χ0v) is 19.9. The summed E-state index contributed by atoms with van der Waals surface area (Å²) < 4.78 is 21.5. The molecule has 0 saturated carbocycles. The lowest BCUT2D eigenvalue weighted by Gasteiger charge is -2.29. The predicted octanol–water partition coefficient (Wildman–Crippen LogP) is 5.94. The Morgan fingerprint density at radius 3 is 2.85 bits per heavy atom. The van der Waals surface area contributed by atoms with Crippen LogP contribution in [0.2, 0.25) is 5.02 Å². The summed E-state index contributed by atoms with van der Waals surface area (Å²) in [5.41, 5.74) is 4.71. The molecular weight excluding hydrogens is 455 g/mol. The lowest BCUT2D eigenvalue weighted by molar-refractivity contribution is 0.0574. The van der Waals surface area contributed by atoms with Crippen molar-refractivity contribution < 1.29 is 14.0 Å². The summed E-state index contributed by atoms with van der Waals surface area (Å²) in [6.45, 7) is 3.65. The number of rotatable bonds is 4. The van der Waals surface area contributed by atoms with Gasteiger partial charge in [0.15, 0.2) is 11.9 Å². The van der Waals surface area contributed by atoms with Crippen LogP contribution in [0.4, 0.5) is 4.39 Å². The summed E-state index contributed by atoms with van der Waals surface area (Å²) >= 11 is 6.06. The second kappa shape index (κ2) is 9.50. The van der Waals surface area contributed by atoms with E-state index in [1.54, 1.807) is 19.5 Å². The van der Waals surface area contributed by atoms with Gasteiger partial charge < -0.3 is 19.0 Å². The van der Waals surface area contributed by atoms with Crippen molar-refractivity contribution in [2.24, 2.45) is 5.16 Å². The van der Waals surface area contributed by atoms with E-state index in [9.17, 15) is 4.39 Å². The Morgan fingerprint density at radius 1 is 1.21 bits per heavy atom. The predicted molar refractivity (Wildman–Crippen MR) is 131 cm³/mol. The average molecular weight is 481 g/mol. The van der Waals surface area contributed by atoms with Gasteiger partial charge in [-0.15, -0.1) is 0 Å². The lowest BCUT2D eigenvalue weighted by Crippen LogP contribution is -2.37. The number of aryl methyl sites for hydroxylation is 1. The first kappa shape index (κ1) is 22.5. The number of aromatic nitrogens is 2. The number of fused-ring (bicyclic) bond motifs is 1. The van der Waals surface area contributed by atoms with E-state index in [4.69, 9.17) is 21.2 Å². The minimum atomic E-state index is -0.371. The average Bonchev–Trinajstić information content (AvgIpc) is 3.12. The van der Waals surface area contributed by atoms with Crippen LogP contribution in [0.15, 0.2) is 59.7 Å². The van der Waals surface area contributed by atoms with Gasteiger partial charge in [-0.25, -0.2) is 9.37 Å². The van der Waals surface area contributed by atoms with Gasteiger partial charge in [-0.05, 0) is 72.9 Å². The van der Waals surface area contributed by atoms with Gasteiger partial charge >= 0.3 is 0 Å². The number of imidazole rings is 1. The van der Waals surface area contributed by atoms with Crippen LogP contribution < -0.4 is 4.74 Å². The van der Waals surface area contributed by atoms with E-state index < -0.39 is 0 Å². The molecule has 0 amide bonds. The number of methoxy groups -OCH3 is 1. The van der Waals surface area contributed by atoms with Crippen molar-refractivity contribution in [3.8, 4) is 11.4 Å². The van der Waals surface area contributed by atoms with Gasteiger partial charge in [-0.1, -0.05) is 22.8 Å². The molecule has 3 aromatic rings. The molecule has 0 bridgehead atoms. The number of nitrogens with zero attached hydrogens (tertiary/aromatic N) is 4. The molecule has 8 heteroatoms. The monoisotopic (exact) mass is 480 g/mol. The Kier molecular flexibility index (Phi) is 6.28. The smallest absolute Gasteiger partial charge is 0.171 e. The molecule has 1 fully saturated rings. The van der Waals surface area contributed by atoms with Gasteiger partial charge in [0.2, 0.25) is 0 Å². The van der Waals surface area contributed by atoms with Crippen molar-refractivity contribution in [3.05, 3.63) is 82.2 Å². The molecule has 0 unspecified atom stereocenters. The molecule has 6 nitrogen and oxygen atoms in total. The van der Waals surface area contributed by atoms with E-state index in [0.29, 0.717) is 17.0 Å². The first-order valence-electron chi connectivity index (χ1n) is 11.3. The molecule has 34 heavy (non-hydrogen) atoms. The van der Waals surface area contributed by atoms with E-state index in [0.717, 1.165) is 60.0 Å². The van der Waals surface area contributed by atoms with E-state index in [-0.39, 0.29) is 11.9 Å². The summed E-state index contributed by atoms with van der Waals surface area (Å²) in [7, 11) is 1.67. The fraction of sp³-hybridized carbons (Fsp3) is 0.308. The quantitative estimate of drug-likeness (QED) is 0.464. The summed E-state index contributed by atoms with van der Waals surface area (Å²) in [5, 5.41) is 4.87. The highest BCUT2D eigenvalue weighted by Gasteiger charge is 2.28. The van der Waals surface area contributed by atoms with Crippen LogP contribution in [-0.2, 0) is 4.84 Å². The standard InChI is InChI=1S/C26H26ClFN4O2/c1-17-15-32(16-29-17)23-6-5-18(11-25(23)33-2)10-19-4-3-8-31-9-7-24(34-30-26(19)31)20-12-21(27)14-22(28)13-20/h5-6,10-16,24H,3-4,7-9H2,1-2H3/b19-10+/t24-/m1/s1. The molecule has 2 aliphatic heterocycles. The zero-order valence-electron chi connectivity index (χ0n) is 19.2. The number of hydrogen-bond donors (Lipinski definition) is 0. The maximum atomic E-state index is 13.9. The van der Waals surface area contributed by atoms with Crippen LogP contribution in [-0.4, -0.2) is 40.5 Å². The highest BCUT2D eigenvalue weighted by Crippen LogP contribution is 2.32. The number of amidine groups is 1. The summed E-state index contributed by atoms with van der Waals surface area (Å²) in [4.78, 5) is 12.5. The van der Waals surface area contributed by atoms with Crippen molar-refractivity contribution in [2.45, 2.75) is 32.3 Å². The van der Waals surface area contributed by atoms with Crippen LogP contribution in [0.3, 0.4) is 0 Å². The van der Waals surface area contributed by atoms with Crippen LogP contribution in [0.1, 0.15) is 42.2 Å². The molecule has 0 spiro atoms. The molecule has 1 atom stereocenters. The van der Waals surface area contributed by atoms with Crippen molar-refractivity contribution in [1.29, 1.82) is 0 Å². The van der Waals surface area contributed by atoms with Crippen LogP contribution in [0, 0.1) is 12.7 Å². The molecule has 0 radical (unpaired) electrons. The van der Waals surface area contributed by atoms with Crippen LogP contribution >= 0.6 is 11.6 Å². The number of piperidine rings is 1. The Balaban J connectivity index is 1.43. The zero-order chi connectivity index (χ0) is 23.7. The first-order chi connectivity index (χ1) is 16.5. The third kappa shape index (κ3) is 4.66. The first-order valence-corrected chi connectivity index (χ1v) is 11.7. The SMILES string of the molecule is COc1cc(/C=C2\CCCN3CC[C@H](c4cc(F)cc(Cl)c4)ON=C23)ccc1-n1cnc(C)c1. The summed E-state index contributed by atoms with van der Waals surface area (Å²) in [5.74, 6) is 1.23. The second-order valence-electron chi connectivity index (χ2n) is 8.61. The van der Waals surface area contributed by atoms with Crippen molar-refractivity contribution in [2.75, 3.05) is 20.2 Å². The number of halogens is 2. The molecule has 2 aliphatic rings. The number of ether oxygens (including phenoxy) is 1. The summed E-state index contributed by atoms with van der Waals surface area (Å²) in [6, 6.07) is 10.6. The topological polar surface area (TPSA) is 51.9 Å². The van der Waals surface area contributed by atoms with E-state index in [1.807, 2.05) is 29.8 Å². The molecule has 1 saturated heterocycles. The van der Waals surface area contributed by atoms with Gasteiger partial charge in [-0.2, -0.15) is 0 Å². The molecule has 0 aliphatic carbocycles. The van der Waals surface area contributed by atoms with Crippen molar-refractivity contribution >= 4 is 23.5 Å². The van der Waals surface area contributed by atoms with Gasteiger partial charge in [-0.3, -0.25) is 0 Å². The molecule has 176 valence electrons. The van der Waals surface area contributed by atoms with Gasteiger partial charge in [0.25, 0.3) is 0 Å². The molecule has 0 N–H and O–H groups in total. The Labute approximate surface area is 203 Å². The van der Waals surface area contributed by atoms with E-state index in [1.165, 1.54) is 12.1 Å². The largest absolute Gasteiger partial charge is 0.495 e. The maximum absolute atomic E-state index is 13.9. The minimum Gasteiger partial charge on any atom is -0.495 e. The molecule has 1 aromatic heterocycles. The number of benzene rings is 2. The normalized spacial score (nSPS) is 19.3. The minimum absolute atomic E-state index is 0.342. The maximum Gasteiger partial charge on any atom is 0.171 e. The van der Waals surface area contributed by atoms with Crippen molar-refractivity contribution in [1.82, 2.24) is 14.5 Å². The molecule has 5 rings (SSSR count). The van der Waals surface area contributed by atoms with Crippen molar-refractivity contribution in [3.63, 3.8) is 0 Å². The molecule has 2 aromatic carbocycles. The molecular formula is C26H26ClFN4O2. The Morgan fingerprint density at radius 2 is 2.09 bits per heavy atom. The second-order valence-corrected chi connectivity index (χ2v) is 9.05. The Bertz CT molecular complexity index is 1250. The van der Waals surface area contributed by atoms with E-state index >= 15 is 0 Å². The fourth-order valence-corrected chi connectivity index (χ4v) is 4.76. The van der Waals surface area contributed by atoms with Crippen LogP contribution in [0.25, 0.3) is 11.8 Å². The lowest BCUT2D eigenvalue weighted by atomic mass is 9.99. The Hall–Kier alpha value is -3.32. The highest BCUT2D eigenvalue weighted by atomic mass is 35.5. The fourth-order valence-electron chi connectivity index (χ4n) is 4.53. The molecule has 3 heterocycles. The van der Waals surface area contributed by atoms with Crippen LogP contribution in [0.5, 0.6) is 5.75 Å². The van der Waals surface area contributed by atoms with Gasteiger partial charge in [0.1, 0.15) is 11.6 Å². The van der Waals surface area contributed by atoms with Gasteiger partial charge in [0.05, 0.1) is 24.8 Å². The summed E-state index contributed by atoms with van der Waals surface area (Å²) in [6.07, 6.45) is 8.18. The van der Waals surface area contributed by atoms with Gasteiger partial charge in [0, 0.05) is 30.7 Å². The third-order valence-corrected chi connectivity index (χ3v) is 6.40. The number of oxime groups is 1.